The Balaban J connectivity index is 3.96. The molecule has 84 heavy (non-hydrogen) atoms. The zero-order chi connectivity index (χ0) is 61.2. The SMILES string of the molecule is CC/C=C\C/C=C\C/C=C\C/C=C\CCCCCCCCCCCCCCCCCCCCCCCCCCCCC(=O)OC(COC(=O)CCCCCCCC/C=C\C/C=C\C/C=C\CCCCCCC)COP(=O)(O)OCC[N+](C)(C)C. The van der Waals surface area contributed by atoms with Crippen molar-refractivity contribution in [2.75, 3.05) is 47.5 Å². The van der Waals surface area contributed by atoms with Crippen molar-refractivity contribution in [3.05, 3.63) is 85.1 Å². The third-order valence-electron chi connectivity index (χ3n) is 15.4. The molecule has 0 radical (unpaired) electrons. The van der Waals surface area contributed by atoms with Gasteiger partial charge in [-0.05, 0) is 89.9 Å². The molecule has 0 spiro atoms. The van der Waals surface area contributed by atoms with Crippen LogP contribution in [0.2, 0.25) is 0 Å². The van der Waals surface area contributed by atoms with Crippen LogP contribution in [0.4, 0.5) is 0 Å². The van der Waals surface area contributed by atoms with Crippen molar-refractivity contribution in [3.8, 4) is 0 Å². The van der Waals surface area contributed by atoms with Crippen molar-refractivity contribution in [2.45, 2.75) is 328 Å². The fraction of sp³-hybridized carbons (Fsp3) is 0.784. The number of allylic oxidation sites excluding steroid dienone is 14. The second-order valence-electron chi connectivity index (χ2n) is 24.9. The lowest BCUT2D eigenvalue weighted by atomic mass is 10.0. The van der Waals surface area contributed by atoms with Crippen molar-refractivity contribution < 1.29 is 42.1 Å². The Bertz CT molecular complexity index is 1690. The summed E-state index contributed by atoms with van der Waals surface area (Å²) in [5.74, 6) is -0.801. The van der Waals surface area contributed by atoms with Gasteiger partial charge in [-0.2, -0.15) is 0 Å². The quantitative estimate of drug-likeness (QED) is 0.0211. The third kappa shape index (κ3) is 68.3. The number of hydrogen-bond acceptors (Lipinski definition) is 7. The van der Waals surface area contributed by atoms with Gasteiger partial charge in [-0.3, -0.25) is 18.6 Å². The number of quaternary nitrogens is 1. The van der Waals surface area contributed by atoms with E-state index in [0.29, 0.717) is 17.4 Å². The van der Waals surface area contributed by atoms with Crippen LogP contribution < -0.4 is 0 Å². The van der Waals surface area contributed by atoms with E-state index in [-0.39, 0.29) is 32.0 Å². The average Bonchev–Trinajstić information content (AvgIpc) is 3.61. The number of esters is 2. The van der Waals surface area contributed by atoms with Crippen molar-refractivity contribution in [2.24, 2.45) is 0 Å². The van der Waals surface area contributed by atoms with Crippen molar-refractivity contribution in [1.29, 1.82) is 0 Å². The Kier molecular flexibility index (Phi) is 62.5. The first-order valence-electron chi connectivity index (χ1n) is 35.3. The summed E-state index contributed by atoms with van der Waals surface area (Å²) in [6.45, 7) is 4.33. The molecule has 0 aromatic rings. The van der Waals surface area contributed by atoms with Gasteiger partial charge in [0.1, 0.15) is 19.8 Å². The van der Waals surface area contributed by atoms with Gasteiger partial charge in [0.15, 0.2) is 6.10 Å². The molecule has 0 rings (SSSR count). The molecule has 0 aliphatic rings. The molecule has 0 saturated heterocycles. The molecule has 2 atom stereocenters. The van der Waals surface area contributed by atoms with Crippen LogP contribution in [0.5, 0.6) is 0 Å². The molecule has 0 aromatic carbocycles. The van der Waals surface area contributed by atoms with Crippen molar-refractivity contribution in [1.82, 2.24) is 0 Å². The standard InChI is InChI=1S/C74H134NO8P/c1-6-8-10-12-14-16-18-20-22-24-26-28-29-30-31-32-33-34-35-36-37-38-39-40-41-42-43-44-45-47-49-51-53-55-57-59-61-63-65-67-74(77)83-72(71-82-84(78,79)81-69-68-75(3,4)5)70-80-73(76)66-64-62-60-58-56-54-52-50-48-46-27-25-23-21-19-17-15-13-11-9-7-2/h8,10,14,16,19-22,25-28,48,50,72H,6-7,9,11-13,15,17-18,23-24,29-47,49,51-71H2,1-5H3/p+1/b10-8-,16-14-,21-19-,22-20-,27-25-,28-26-,50-48-. The highest BCUT2D eigenvalue weighted by atomic mass is 31.2. The van der Waals surface area contributed by atoms with Crippen molar-refractivity contribution >= 4 is 19.8 Å². The molecule has 0 bridgehead atoms. The van der Waals surface area contributed by atoms with Gasteiger partial charge >= 0.3 is 19.8 Å². The second-order valence-corrected chi connectivity index (χ2v) is 26.3. The van der Waals surface area contributed by atoms with Crippen LogP contribution in [0, 0.1) is 0 Å². The summed E-state index contributed by atoms with van der Waals surface area (Å²) in [6.07, 6.45) is 88.4. The fourth-order valence-electron chi connectivity index (χ4n) is 10.0. The minimum Gasteiger partial charge on any atom is -0.462 e. The van der Waals surface area contributed by atoms with Crippen LogP contribution in [0.15, 0.2) is 85.1 Å². The largest absolute Gasteiger partial charge is 0.472 e. The van der Waals surface area contributed by atoms with Crippen LogP contribution in [0.3, 0.4) is 0 Å². The van der Waals surface area contributed by atoms with Gasteiger partial charge in [-0.15, -0.1) is 0 Å². The maximum absolute atomic E-state index is 12.9. The Morgan fingerprint density at radius 2 is 0.679 bits per heavy atom. The molecule has 10 heteroatoms. The molecule has 0 amide bonds. The Morgan fingerprint density at radius 1 is 0.381 bits per heavy atom. The van der Waals surface area contributed by atoms with Gasteiger partial charge < -0.3 is 18.9 Å². The summed E-state index contributed by atoms with van der Waals surface area (Å²) >= 11 is 0. The zero-order valence-electron chi connectivity index (χ0n) is 55.6. The maximum Gasteiger partial charge on any atom is 0.472 e. The number of phosphoric ester groups is 1. The monoisotopic (exact) mass is 1200 g/mol. The predicted molar refractivity (Wildman–Crippen MR) is 362 cm³/mol. The van der Waals surface area contributed by atoms with E-state index in [1.54, 1.807) is 0 Å². The van der Waals surface area contributed by atoms with E-state index in [0.717, 1.165) is 83.5 Å². The van der Waals surface area contributed by atoms with E-state index >= 15 is 0 Å². The highest BCUT2D eigenvalue weighted by Gasteiger charge is 2.27. The molecule has 0 aromatic heterocycles. The number of carbonyl (C=O) groups excluding carboxylic acids is 2. The average molecular weight is 1200 g/mol. The Hall–Kier alpha value is -2.81. The van der Waals surface area contributed by atoms with E-state index in [4.69, 9.17) is 18.5 Å². The number of ether oxygens (including phenoxy) is 2. The lowest BCUT2D eigenvalue weighted by Crippen LogP contribution is -2.37. The summed E-state index contributed by atoms with van der Waals surface area (Å²) in [6, 6.07) is 0. The van der Waals surface area contributed by atoms with Gasteiger partial charge in [0.05, 0.1) is 27.7 Å². The number of rotatable bonds is 65. The summed E-state index contributed by atoms with van der Waals surface area (Å²) in [7, 11) is 1.48. The summed E-state index contributed by atoms with van der Waals surface area (Å²) in [4.78, 5) is 35.8. The topological polar surface area (TPSA) is 108 Å². The molecule has 0 aliphatic carbocycles. The zero-order valence-corrected chi connectivity index (χ0v) is 56.5. The van der Waals surface area contributed by atoms with Crippen LogP contribution in [0.1, 0.15) is 322 Å². The van der Waals surface area contributed by atoms with Crippen LogP contribution in [-0.4, -0.2) is 74.9 Å². The van der Waals surface area contributed by atoms with Crippen LogP contribution in [0.25, 0.3) is 0 Å². The van der Waals surface area contributed by atoms with Crippen molar-refractivity contribution in [3.63, 3.8) is 0 Å². The number of carbonyl (C=O) groups is 2. The smallest absolute Gasteiger partial charge is 0.462 e. The van der Waals surface area contributed by atoms with E-state index in [1.165, 1.54) is 205 Å². The second kappa shape index (κ2) is 64.7. The molecular weight excluding hydrogens is 1060 g/mol. The normalized spacial score (nSPS) is 13.6. The highest BCUT2D eigenvalue weighted by molar-refractivity contribution is 7.47. The number of phosphoric acid groups is 1. The fourth-order valence-corrected chi connectivity index (χ4v) is 10.8. The number of hydrogen-bond donors (Lipinski definition) is 1. The third-order valence-corrected chi connectivity index (χ3v) is 16.4. The molecule has 0 aliphatic heterocycles. The van der Waals surface area contributed by atoms with Gasteiger partial charge in [-0.25, -0.2) is 4.57 Å². The number of nitrogens with zero attached hydrogens (tertiary/aromatic N) is 1. The lowest BCUT2D eigenvalue weighted by Gasteiger charge is -2.24. The highest BCUT2D eigenvalue weighted by Crippen LogP contribution is 2.43. The summed E-state index contributed by atoms with van der Waals surface area (Å²) < 4.78 is 34.7. The Labute approximate surface area is 520 Å². The molecule has 2 unspecified atom stereocenters. The molecule has 1 N–H and O–H groups in total. The first kappa shape index (κ1) is 81.2. The molecule has 488 valence electrons. The first-order chi connectivity index (χ1) is 41.0. The van der Waals surface area contributed by atoms with Gasteiger partial charge in [-0.1, -0.05) is 304 Å². The molecule has 0 saturated carbocycles. The maximum atomic E-state index is 12.9. The van der Waals surface area contributed by atoms with E-state index in [9.17, 15) is 19.0 Å². The number of likely N-dealkylation sites (N-methyl/N-ethyl adjacent to an activating group) is 1. The summed E-state index contributed by atoms with van der Waals surface area (Å²) in [5, 5.41) is 0. The van der Waals surface area contributed by atoms with Crippen LogP contribution >= 0.6 is 7.82 Å². The van der Waals surface area contributed by atoms with Gasteiger partial charge in [0.25, 0.3) is 0 Å². The first-order valence-corrected chi connectivity index (χ1v) is 36.8. The summed E-state index contributed by atoms with van der Waals surface area (Å²) in [5.41, 5.74) is 0. The molecule has 9 nitrogen and oxygen atoms in total. The number of unbranched alkanes of at least 4 members (excludes halogenated alkanes) is 37. The van der Waals surface area contributed by atoms with E-state index < -0.39 is 26.5 Å². The predicted octanol–water partition coefficient (Wildman–Crippen LogP) is 22.9. The minimum absolute atomic E-state index is 0.0286. The van der Waals surface area contributed by atoms with Gasteiger partial charge in [0.2, 0.25) is 0 Å². The van der Waals surface area contributed by atoms with E-state index in [1.807, 2.05) is 21.1 Å². The van der Waals surface area contributed by atoms with Gasteiger partial charge in [0, 0.05) is 12.8 Å². The molecule has 0 fully saturated rings. The lowest BCUT2D eigenvalue weighted by molar-refractivity contribution is -0.870. The Morgan fingerprint density at radius 3 is 1.01 bits per heavy atom. The molecular formula is C74H135NO8P+. The van der Waals surface area contributed by atoms with E-state index in [2.05, 4.69) is 98.9 Å². The minimum atomic E-state index is -4.40. The molecule has 0 heterocycles. The van der Waals surface area contributed by atoms with Crippen LogP contribution in [-0.2, 0) is 32.7 Å².